The highest BCUT2D eigenvalue weighted by Gasteiger charge is 2.29. The molecular formula is C13H21FN2O3S. The minimum Gasteiger partial charge on any atom is -0.396 e. The Morgan fingerprint density at radius 2 is 1.95 bits per heavy atom. The molecule has 0 saturated carbocycles. The van der Waals surface area contributed by atoms with E-state index in [4.69, 9.17) is 10.8 Å². The second kappa shape index (κ2) is 7.01. The Hall–Kier alpha value is -1.18. The van der Waals surface area contributed by atoms with Crippen molar-refractivity contribution >= 4 is 15.7 Å². The molecule has 5 nitrogen and oxygen atoms in total. The van der Waals surface area contributed by atoms with Crippen LogP contribution < -0.4 is 5.73 Å². The zero-order valence-corrected chi connectivity index (χ0v) is 12.5. The van der Waals surface area contributed by atoms with Crippen LogP contribution in [0.4, 0.5) is 10.1 Å². The van der Waals surface area contributed by atoms with Crippen molar-refractivity contribution in [1.82, 2.24) is 4.31 Å². The highest BCUT2D eigenvalue weighted by Crippen LogP contribution is 2.23. The van der Waals surface area contributed by atoms with E-state index in [1.165, 1.54) is 16.4 Å². The number of anilines is 1. The number of aliphatic hydroxyl groups excluding tert-OH is 1. The summed E-state index contributed by atoms with van der Waals surface area (Å²) >= 11 is 0. The van der Waals surface area contributed by atoms with Crippen LogP contribution in [0.1, 0.15) is 26.7 Å². The molecule has 0 radical (unpaired) electrons. The van der Waals surface area contributed by atoms with Crippen LogP contribution in [0.2, 0.25) is 0 Å². The number of nitrogens with two attached hydrogens (primary N) is 1. The minimum atomic E-state index is -3.85. The Morgan fingerprint density at radius 3 is 2.40 bits per heavy atom. The highest BCUT2D eigenvalue weighted by molar-refractivity contribution is 7.89. The Kier molecular flexibility index (Phi) is 5.91. The average molecular weight is 304 g/mol. The van der Waals surface area contributed by atoms with Gasteiger partial charge in [0.2, 0.25) is 10.0 Å². The van der Waals surface area contributed by atoms with Gasteiger partial charge in [-0.05, 0) is 31.0 Å². The first kappa shape index (κ1) is 16.9. The molecule has 1 rings (SSSR count). The summed E-state index contributed by atoms with van der Waals surface area (Å²) in [4.78, 5) is -0.149. The number of aliphatic hydroxyl groups is 1. The second-order valence-corrected chi connectivity index (χ2v) is 6.38. The van der Waals surface area contributed by atoms with Crippen molar-refractivity contribution in [3.05, 3.63) is 24.0 Å². The summed E-state index contributed by atoms with van der Waals surface area (Å²) in [7, 11) is -3.85. The molecule has 0 saturated heterocycles. The molecular weight excluding hydrogens is 283 g/mol. The lowest BCUT2D eigenvalue weighted by molar-refractivity contribution is 0.219. The summed E-state index contributed by atoms with van der Waals surface area (Å²) in [6, 6.07) is 3.19. The Bertz CT molecular complexity index is 545. The monoisotopic (exact) mass is 304 g/mol. The molecule has 3 N–H and O–H groups in total. The van der Waals surface area contributed by atoms with Gasteiger partial charge in [-0.15, -0.1) is 0 Å². The van der Waals surface area contributed by atoms with Gasteiger partial charge >= 0.3 is 0 Å². The number of benzene rings is 1. The van der Waals surface area contributed by atoms with Crippen molar-refractivity contribution in [2.75, 3.05) is 18.9 Å². The van der Waals surface area contributed by atoms with Gasteiger partial charge < -0.3 is 10.8 Å². The first-order chi connectivity index (χ1) is 9.38. The van der Waals surface area contributed by atoms with E-state index in [2.05, 4.69) is 0 Å². The van der Waals surface area contributed by atoms with E-state index in [0.29, 0.717) is 12.8 Å². The van der Waals surface area contributed by atoms with E-state index < -0.39 is 15.8 Å². The molecule has 0 spiro atoms. The van der Waals surface area contributed by atoms with Gasteiger partial charge in [-0.1, -0.05) is 13.8 Å². The van der Waals surface area contributed by atoms with Crippen LogP contribution in [0.5, 0.6) is 0 Å². The zero-order chi connectivity index (χ0) is 15.3. The largest absolute Gasteiger partial charge is 0.396 e. The van der Waals surface area contributed by atoms with Crippen LogP contribution in [0.25, 0.3) is 0 Å². The van der Waals surface area contributed by atoms with Crippen LogP contribution in [0, 0.1) is 5.82 Å². The molecule has 114 valence electrons. The zero-order valence-electron chi connectivity index (χ0n) is 11.7. The van der Waals surface area contributed by atoms with Crippen LogP contribution in [-0.2, 0) is 10.0 Å². The van der Waals surface area contributed by atoms with Crippen molar-refractivity contribution in [3.63, 3.8) is 0 Å². The standard InChI is InChI=1S/C13H21FN2O3S/c1-3-10(4-2)16(7-8-17)20(18,19)11-5-6-13(15)12(14)9-11/h5-6,9-10,17H,3-4,7-8,15H2,1-2H3. The van der Waals surface area contributed by atoms with Gasteiger partial charge in [-0.2, -0.15) is 4.31 Å². The van der Waals surface area contributed by atoms with Gasteiger partial charge in [0.1, 0.15) is 5.82 Å². The SMILES string of the molecule is CCC(CC)N(CCO)S(=O)(=O)c1ccc(N)c(F)c1. The third-order valence-corrected chi connectivity index (χ3v) is 5.20. The van der Waals surface area contributed by atoms with Crippen molar-refractivity contribution in [2.45, 2.75) is 37.6 Å². The second-order valence-electron chi connectivity index (χ2n) is 4.49. The molecule has 1 aromatic rings. The summed E-state index contributed by atoms with van der Waals surface area (Å²) in [5.74, 6) is -0.764. The number of hydrogen-bond donors (Lipinski definition) is 2. The van der Waals surface area contributed by atoms with E-state index in [1.54, 1.807) is 0 Å². The van der Waals surface area contributed by atoms with Crippen LogP contribution in [-0.4, -0.2) is 37.0 Å². The van der Waals surface area contributed by atoms with Crippen molar-refractivity contribution in [1.29, 1.82) is 0 Å². The van der Waals surface area contributed by atoms with Crippen molar-refractivity contribution in [3.8, 4) is 0 Å². The number of halogens is 1. The van der Waals surface area contributed by atoms with Gasteiger partial charge in [0.25, 0.3) is 0 Å². The van der Waals surface area contributed by atoms with Gasteiger partial charge in [-0.25, -0.2) is 12.8 Å². The number of nitrogens with zero attached hydrogens (tertiary/aromatic N) is 1. The number of sulfonamides is 1. The molecule has 0 heterocycles. The molecule has 0 aromatic heterocycles. The molecule has 0 aliphatic rings. The Balaban J connectivity index is 3.24. The van der Waals surface area contributed by atoms with Crippen LogP contribution >= 0.6 is 0 Å². The predicted molar refractivity (Wildman–Crippen MR) is 76.2 cm³/mol. The predicted octanol–water partition coefficient (Wildman–Crippen LogP) is 1.58. The van der Waals surface area contributed by atoms with Crippen molar-refractivity contribution in [2.24, 2.45) is 0 Å². The third kappa shape index (κ3) is 3.47. The molecule has 0 aliphatic carbocycles. The molecule has 0 aliphatic heterocycles. The summed E-state index contributed by atoms with van der Waals surface area (Å²) in [6.07, 6.45) is 1.24. The first-order valence-electron chi connectivity index (χ1n) is 6.56. The molecule has 0 bridgehead atoms. The van der Waals surface area contributed by atoms with Crippen LogP contribution in [0.15, 0.2) is 23.1 Å². The lowest BCUT2D eigenvalue weighted by atomic mass is 10.2. The number of hydrogen-bond acceptors (Lipinski definition) is 4. The van der Waals surface area contributed by atoms with Gasteiger partial charge in [-0.3, -0.25) is 0 Å². The normalized spacial score (nSPS) is 12.3. The van der Waals surface area contributed by atoms with E-state index >= 15 is 0 Å². The Morgan fingerprint density at radius 1 is 1.35 bits per heavy atom. The number of rotatable bonds is 7. The maximum Gasteiger partial charge on any atom is 0.243 e. The van der Waals surface area contributed by atoms with Gasteiger partial charge in [0.05, 0.1) is 17.2 Å². The fourth-order valence-corrected chi connectivity index (χ4v) is 3.87. The van der Waals surface area contributed by atoms with Crippen molar-refractivity contribution < 1.29 is 17.9 Å². The smallest absolute Gasteiger partial charge is 0.243 e. The lowest BCUT2D eigenvalue weighted by Crippen LogP contribution is -2.41. The van der Waals surface area contributed by atoms with Gasteiger partial charge in [0, 0.05) is 12.6 Å². The van der Waals surface area contributed by atoms with E-state index in [0.717, 1.165) is 6.07 Å². The fraction of sp³-hybridized carbons (Fsp3) is 0.538. The van der Waals surface area contributed by atoms with Gasteiger partial charge in [0.15, 0.2) is 0 Å². The summed E-state index contributed by atoms with van der Waals surface area (Å²) < 4.78 is 39.8. The maximum absolute atomic E-state index is 13.5. The number of nitrogen functional groups attached to an aromatic ring is 1. The first-order valence-corrected chi connectivity index (χ1v) is 8.00. The average Bonchev–Trinajstić information content (AvgIpc) is 2.42. The highest BCUT2D eigenvalue weighted by atomic mass is 32.2. The molecule has 7 heteroatoms. The minimum absolute atomic E-state index is 0.0132. The molecule has 0 amide bonds. The molecule has 0 fully saturated rings. The molecule has 1 aromatic carbocycles. The molecule has 0 unspecified atom stereocenters. The molecule has 0 atom stereocenters. The fourth-order valence-electron chi connectivity index (χ4n) is 2.10. The topological polar surface area (TPSA) is 83.6 Å². The van der Waals surface area contributed by atoms with E-state index in [9.17, 15) is 12.8 Å². The third-order valence-electron chi connectivity index (χ3n) is 3.25. The summed E-state index contributed by atoms with van der Waals surface area (Å²) in [6.45, 7) is 3.45. The Labute approximate surface area is 119 Å². The maximum atomic E-state index is 13.5. The summed E-state index contributed by atoms with van der Waals surface area (Å²) in [5, 5.41) is 9.09. The quantitative estimate of drug-likeness (QED) is 0.749. The molecule has 20 heavy (non-hydrogen) atoms. The summed E-state index contributed by atoms with van der Waals surface area (Å²) in [5.41, 5.74) is 5.26. The lowest BCUT2D eigenvalue weighted by Gasteiger charge is -2.29. The van der Waals surface area contributed by atoms with E-state index in [-0.39, 0.29) is 29.8 Å². The van der Waals surface area contributed by atoms with E-state index in [1.807, 2.05) is 13.8 Å². The van der Waals surface area contributed by atoms with Crippen LogP contribution in [0.3, 0.4) is 0 Å².